The van der Waals surface area contributed by atoms with E-state index in [1.165, 1.54) is 6.07 Å². The van der Waals surface area contributed by atoms with Gasteiger partial charge in [-0.25, -0.2) is 8.42 Å². The highest BCUT2D eigenvalue weighted by atomic mass is 35.5. The summed E-state index contributed by atoms with van der Waals surface area (Å²) >= 11 is 5.89. The molecule has 33 heavy (non-hydrogen) atoms. The largest absolute Gasteiger partial charge is 0.354 e. The van der Waals surface area contributed by atoms with Crippen molar-refractivity contribution in [2.24, 2.45) is 5.92 Å². The number of nitrogens with zero attached hydrogens (tertiary/aromatic N) is 1. The lowest BCUT2D eigenvalue weighted by atomic mass is 10.0. The molecule has 178 valence electrons. The average Bonchev–Trinajstić information content (AvgIpc) is 3.21. The van der Waals surface area contributed by atoms with E-state index in [0.29, 0.717) is 37.4 Å². The first kappa shape index (κ1) is 25.2. The third kappa shape index (κ3) is 6.13. The standard InChI is InChI=1S/C24H30ClN3O4S/c1-4-22(29)28-14-12-18-15-20(9-10-21(18)28)33(31,32)27-23(16(2)3)24(30)26-13-11-17-5-7-19(25)8-6-17/h5-10,15-16,23,27H,4,11-14H2,1-3H3,(H,26,30)/t23-/m1/s1. The van der Waals surface area contributed by atoms with Gasteiger partial charge in [-0.05, 0) is 60.2 Å². The third-order valence-corrected chi connectivity index (χ3v) is 7.41. The van der Waals surface area contributed by atoms with Crippen molar-refractivity contribution >= 4 is 39.1 Å². The summed E-state index contributed by atoms with van der Waals surface area (Å²) in [5.74, 6) is -0.608. The fourth-order valence-electron chi connectivity index (χ4n) is 3.81. The van der Waals surface area contributed by atoms with Crippen molar-refractivity contribution < 1.29 is 18.0 Å². The predicted molar refractivity (Wildman–Crippen MR) is 130 cm³/mol. The molecule has 0 fully saturated rings. The van der Waals surface area contributed by atoms with E-state index in [9.17, 15) is 18.0 Å². The number of carbonyl (C=O) groups excluding carboxylic acids is 2. The van der Waals surface area contributed by atoms with E-state index >= 15 is 0 Å². The van der Waals surface area contributed by atoms with E-state index in [0.717, 1.165) is 16.8 Å². The number of benzene rings is 2. The zero-order valence-electron chi connectivity index (χ0n) is 19.1. The van der Waals surface area contributed by atoms with Crippen LogP contribution in [0, 0.1) is 5.92 Å². The van der Waals surface area contributed by atoms with Gasteiger partial charge in [0.25, 0.3) is 0 Å². The SMILES string of the molecule is CCC(=O)N1CCc2cc(S(=O)(=O)N[C@@H](C(=O)NCCc3ccc(Cl)cc3)C(C)C)ccc21. The van der Waals surface area contributed by atoms with E-state index in [1.807, 2.05) is 12.1 Å². The lowest BCUT2D eigenvalue weighted by Crippen LogP contribution is -2.49. The van der Waals surface area contributed by atoms with Gasteiger partial charge in [-0.3, -0.25) is 9.59 Å². The molecular formula is C24H30ClN3O4S. The van der Waals surface area contributed by atoms with Crippen LogP contribution in [0.2, 0.25) is 5.02 Å². The summed E-state index contributed by atoms with van der Waals surface area (Å²) in [4.78, 5) is 26.6. The molecule has 2 amide bonds. The van der Waals surface area contributed by atoms with E-state index in [4.69, 9.17) is 11.6 Å². The number of anilines is 1. The van der Waals surface area contributed by atoms with Gasteiger partial charge in [0, 0.05) is 30.2 Å². The number of hydrogen-bond acceptors (Lipinski definition) is 4. The molecule has 2 aromatic carbocycles. The number of rotatable bonds is 9. The number of carbonyl (C=O) groups is 2. The molecule has 2 N–H and O–H groups in total. The minimum atomic E-state index is -3.93. The molecule has 1 aliphatic rings. The molecule has 0 unspecified atom stereocenters. The average molecular weight is 492 g/mol. The molecule has 7 nitrogen and oxygen atoms in total. The van der Waals surface area contributed by atoms with Gasteiger partial charge in [-0.2, -0.15) is 4.72 Å². The van der Waals surface area contributed by atoms with Gasteiger partial charge in [0.1, 0.15) is 6.04 Å². The summed E-state index contributed by atoms with van der Waals surface area (Å²) in [7, 11) is -3.93. The zero-order valence-corrected chi connectivity index (χ0v) is 20.7. The van der Waals surface area contributed by atoms with E-state index < -0.39 is 16.1 Å². The smallest absolute Gasteiger partial charge is 0.241 e. The predicted octanol–water partition coefficient (Wildman–Crippen LogP) is 3.30. The highest BCUT2D eigenvalue weighted by Crippen LogP contribution is 2.30. The summed E-state index contributed by atoms with van der Waals surface area (Å²) in [5.41, 5.74) is 2.59. The molecule has 1 heterocycles. The number of halogens is 1. The van der Waals surface area contributed by atoms with Crippen molar-refractivity contribution in [2.75, 3.05) is 18.0 Å². The first-order valence-corrected chi connectivity index (χ1v) is 13.0. The van der Waals surface area contributed by atoms with Gasteiger partial charge in [0.05, 0.1) is 4.90 Å². The molecule has 0 aromatic heterocycles. The van der Waals surface area contributed by atoms with Gasteiger partial charge in [0.15, 0.2) is 0 Å². The third-order valence-electron chi connectivity index (χ3n) is 5.72. The fourth-order valence-corrected chi connectivity index (χ4v) is 5.33. The van der Waals surface area contributed by atoms with Gasteiger partial charge < -0.3 is 10.2 Å². The molecule has 0 bridgehead atoms. The van der Waals surface area contributed by atoms with Crippen molar-refractivity contribution in [2.45, 2.75) is 51.0 Å². The number of nitrogens with one attached hydrogen (secondary N) is 2. The van der Waals surface area contributed by atoms with Crippen LogP contribution in [0.4, 0.5) is 5.69 Å². The number of sulfonamides is 1. The second kappa shape index (κ2) is 10.7. The molecule has 0 aliphatic carbocycles. The molecule has 1 aliphatic heterocycles. The van der Waals surface area contributed by atoms with Crippen molar-refractivity contribution in [3.63, 3.8) is 0 Å². The lowest BCUT2D eigenvalue weighted by molar-refractivity contribution is -0.123. The Balaban J connectivity index is 1.67. The normalized spacial score (nSPS) is 14.3. The van der Waals surface area contributed by atoms with Gasteiger partial charge in [-0.1, -0.05) is 44.5 Å². The van der Waals surface area contributed by atoms with Crippen molar-refractivity contribution in [1.82, 2.24) is 10.0 Å². The second-order valence-electron chi connectivity index (χ2n) is 8.45. The lowest BCUT2D eigenvalue weighted by Gasteiger charge is -2.22. The van der Waals surface area contributed by atoms with Crippen LogP contribution in [0.5, 0.6) is 0 Å². The molecule has 3 rings (SSSR count). The van der Waals surface area contributed by atoms with E-state index in [1.54, 1.807) is 49.9 Å². The van der Waals surface area contributed by atoms with Crippen LogP contribution in [0.15, 0.2) is 47.4 Å². The Kier molecular flexibility index (Phi) is 8.15. The quantitative estimate of drug-likeness (QED) is 0.562. The Hall–Kier alpha value is -2.42. The summed E-state index contributed by atoms with van der Waals surface area (Å²) < 4.78 is 28.7. The van der Waals surface area contributed by atoms with E-state index in [-0.39, 0.29) is 22.6 Å². The monoisotopic (exact) mass is 491 g/mol. The van der Waals surface area contributed by atoms with Crippen molar-refractivity contribution in [3.8, 4) is 0 Å². The van der Waals surface area contributed by atoms with Crippen LogP contribution in [-0.4, -0.2) is 39.4 Å². The van der Waals surface area contributed by atoms with Gasteiger partial charge >= 0.3 is 0 Å². The van der Waals surface area contributed by atoms with Crippen LogP contribution >= 0.6 is 11.6 Å². The van der Waals surface area contributed by atoms with Crippen LogP contribution in [0.3, 0.4) is 0 Å². The minimum absolute atomic E-state index is 0.0117. The maximum absolute atomic E-state index is 13.1. The Labute approximate surface area is 200 Å². The van der Waals surface area contributed by atoms with Crippen LogP contribution in [0.25, 0.3) is 0 Å². The Morgan fingerprint density at radius 3 is 2.45 bits per heavy atom. The van der Waals surface area contributed by atoms with Crippen molar-refractivity contribution in [1.29, 1.82) is 0 Å². The van der Waals surface area contributed by atoms with Crippen LogP contribution < -0.4 is 14.9 Å². The fraction of sp³-hybridized carbons (Fsp3) is 0.417. The molecule has 2 aromatic rings. The summed E-state index contributed by atoms with van der Waals surface area (Å²) in [6, 6.07) is 11.2. The molecule has 0 radical (unpaired) electrons. The topological polar surface area (TPSA) is 95.6 Å². The summed E-state index contributed by atoms with van der Waals surface area (Å²) in [6.07, 6.45) is 1.60. The molecule has 9 heteroatoms. The first-order chi connectivity index (χ1) is 15.6. The van der Waals surface area contributed by atoms with E-state index in [2.05, 4.69) is 10.0 Å². The Morgan fingerprint density at radius 1 is 1.12 bits per heavy atom. The molecule has 0 spiro atoms. The Morgan fingerprint density at radius 2 is 1.82 bits per heavy atom. The highest BCUT2D eigenvalue weighted by Gasteiger charge is 2.30. The molecule has 0 saturated carbocycles. The molecule has 1 atom stereocenters. The first-order valence-electron chi connectivity index (χ1n) is 11.1. The second-order valence-corrected chi connectivity index (χ2v) is 10.6. The summed E-state index contributed by atoms with van der Waals surface area (Å²) in [5, 5.41) is 3.47. The number of amides is 2. The number of fused-ring (bicyclic) bond motifs is 1. The molecule has 0 saturated heterocycles. The van der Waals surface area contributed by atoms with Crippen molar-refractivity contribution in [3.05, 3.63) is 58.6 Å². The minimum Gasteiger partial charge on any atom is -0.354 e. The van der Waals surface area contributed by atoms with Gasteiger partial charge in [0.2, 0.25) is 21.8 Å². The molecular weight excluding hydrogens is 462 g/mol. The maximum Gasteiger partial charge on any atom is 0.241 e. The highest BCUT2D eigenvalue weighted by molar-refractivity contribution is 7.89. The maximum atomic E-state index is 13.1. The van der Waals surface area contributed by atoms with Crippen LogP contribution in [-0.2, 0) is 32.5 Å². The van der Waals surface area contributed by atoms with Crippen LogP contribution in [0.1, 0.15) is 38.3 Å². The number of hydrogen-bond donors (Lipinski definition) is 2. The van der Waals surface area contributed by atoms with Gasteiger partial charge in [-0.15, -0.1) is 0 Å². The summed E-state index contributed by atoms with van der Waals surface area (Å²) in [6.45, 7) is 6.32. The zero-order chi connectivity index (χ0) is 24.2. The Bertz CT molecular complexity index is 1120.